The van der Waals surface area contributed by atoms with E-state index in [9.17, 15) is 0 Å². The quantitative estimate of drug-likeness (QED) is 0.935. The third kappa shape index (κ3) is 2.01. The first kappa shape index (κ1) is 13.2. The van der Waals surface area contributed by atoms with Gasteiger partial charge in [0.15, 0.2) is 0 Å². The van der Waals surface area contributed by atoms with Gasteiger partial charge in [-0.1, -0.05) is 20.8 Å². The highest BCUT2D eigenvalue weighted by Gasteiger charge is 2.34. The molecule has 20 heavy (non-hydrogen) atoms. The standard InChI is InChI=1S/C15H23N5/c1-5-19-9-17-8-11(19)12-13(16)20(10-6-7-10)14(18-12)15(2,3)4/h8-10H,5-7,16H2,1-4H3. The smallest absolute Gasteiger partial charge is 0.133 e. The third-order valence-corrected chi connectivity index (χ3v) is 3.83. The van der Waals surface area contributed by atoms with Crippen molar-refractivity contribution in [1.29, 1.82) is 0 Å². The Morgan fingerprint density at radius 1 is 1.35 bits per heavy atom. The zero-order chi connectivity index (χ0) is 14.5. The molecule has 1 fully saturated rings. The van der Waals surface area contributed by atoms with Gasteiger partial charge in [0.2, 0.25) is 0 Å². The van der Waals surface area contributed by atoms with Gasteiger partial charge in [-0.05, 0) is 19.8 Å². The maximum Gasteiger partial charge on any atom is 0.133 e. The van der Waals surface area contributed by atoms with Crippen molar-refractivity contribution in [2.45, 2.75) is 58.5 Å². The van der Waals surface area contributed by atoms with E-state index in [0.29, 0.717) is 6.04 Å². The number of nitrogen functional groups attached to an aromatic ring is 1. The predicted molar refractivity (Wildman–Crippen MR) is 80.5 cm³/mol. The zero-order valence-corrected chi connectivity index (χ0v) is 12.7. The summed E-state index contributed by atoms with van der Waals surface area (Å²) in [6, 6.07) is 0.531. The average molecular weight is 273 g/mol. The lowest BCUT2D eigenvalue weighted by Crippen LogP contribution is -2.19. The molecule has 5 nitrogen and oxygen atoms in total. The molecule has 2 N–H and O–H groups in total. The first-order valence-corrected chi connectivity index (χ1v) is 7.32. The highest BCUT2D eigenvalue weighted by molar-refractivity contribution is 5.68. The van der Waals surface area contributed by atoms with Crippen molar-refractivity contribution < 1.29 is 0 Å². The number of anilines is 1. The highest BCUT2D eigenvalue weighted by Crippen LogP contribution is 2.43. The molecule has 0 bridgehead atoms. The first-order valence-electron chi connectivity index (χ1n) is 7.32. The van der Waals surface area contributed by atoms with Crippen LogP contribution >= 0.6 is 0 Å². The third-order valence-electron chi connectivity index (χ3n) is 3.83. The van der Waals surface area contributed by atoms with Gasteiger partial charge in [0, 0.05) is 18.0 Å². The Bertz CT molecular complexity index is 625. The molecular weight excluding hydrogens is 250 g/mol. The van der Waals surface area contributed by atoms with Gasteiger partial charge in [-0.15, -0.1) is 0 Å². The molecule has 1 aliphatic carbocycles. The van der Waals surface area contributed by atoms with Crippen LogP contribution in [0.25, 0.3) is 11.4 Å². The lowest BCUT2D eigenvalue weighted by Gasteiger charge is -2.20. The molecule has 2 heterocycles. The van der Waals surface area contributed by atoms with Crippen LogP contribution in [-0.4, -0.2) is 19.1 Å². The summed E-state index contributed by atoms with van der Waals surface area (Å²) in [5.41, 5.74) is 8.29. The molecule has 2 aromatic heterocycles. The Labute approximate surface area is 119 Å². The van der Waals surface area contributed by atoms with E-state index in [1.165, 1.54) is 12.8 Å². The van der Waals surface area contributed by atoms with Crippen molar-refractivity contribution in [1.82, 2.24) is 19.1 Å². The first-order chi connectivity index (χ1) is 9.43. The molecule has 0 radical (unpaired) electrons. The normalized spacial score (nSPS) is 15.8. The number of imidazole rings is 2. The maximum atomic E-state index is 6.42. The van der Waals surface area contributed by atoms with Gasteiger partial charge in [0.05, 0.1) is 18.2 Å². The SMILES string of the molecule is CCn1cncc1-c1nc(C(C)(C)C)n(C2CC2)c1N. The van der Waals surface area contributed by atoms with E-state index in [0.717, 1.165) is 29.6 Å². The lowest BCUT2D eigenvalue weighted by atomic mass is 9.95. The van der Waals surface area contributed by atoms with Gasteiger partial charge >= 0.3 is 0 Å². The predicted octanol–water partition coefficient (Wildman–Crippen LogP) is 2.98. The summed E-state index contributed by atoms with van der Waals surface area (Å²) in [6.07, 6.45) is 6.10. The minimum Gasteiger partial charge on any atom is -0.383 e. The molecule has 0 aliphatic heterocycles. The minimum atomic E-state index is -0.00791. The minimum absolute atomic E-state index is 0.00791. The summed E-state index contributed by atoms with van der Waals surface area (Å²) < 4.78 is 4.32. The van der Waals surface area contributed by atoms with Crippen LogP contribution in [0.1, 0.15) is 52.4 Å². The Balaban J connectivity index is 2.18. The molecule has 2 aromatic rings. The van der Waals surface area contributed by atoms with Crippen molar-refractivity contribution in [2.24, 2.45) is 0 Å². The van der Waals surface area contributed by atoms with Gasteiger partial charge in [-0.2, -0.15) is 0 Å². The van der Waals surface area contributed by atoms with Crippen molar-refractivity contribution >= 4 is 5.82 Å². The van der Waals surface area contributed by atoms with E-state index >= 15 is 0 Å². The summed E-state index contributed by atoms with van der Waals surface area (Å²) in [6.45, 7) is 9.54. The lowest BCUT2D eigenvalue weighted by molar-refractivity contribution is 0.504. The Hall–Kier alpha value is -1.78. The summed E-state index contributed by atoms with van der Waals surface area (Å²) in [4.78, 5) is 9.10. The monoisotopic (exact) mass is 273 g/mol. The largest absolute Gasteiger partial charge is 0.383 e. The van der Waals surface area contributed by atoms with E-state index < -0.39 is 0 Å². The van der Waals surface area contributed by atoms with Crippen LogP contribution in [0, 0.1) is 0 Å². The van der Waals surface area contributed by atoms with Crippen LogP contribution in [0.4, 0.5) is 5.82 Å². The van der Waals surface area contributed by atoms with Crippen molar-refractivity contribution in [3.8, 4) is 11.4 Å². The second kappa shape index (κ2) is 4.36. The van der Waals surface area contributed by atoms with Gasteiger partial charge < -0.3 is 14.9 Å². The van der Waals surface area contributed by atoms with E-state index in [4.69, 9.17) is 10.7 Å². The molecule has 3 rings (SSSR count). The van der Waals surface area contributed by atoms with Crippen LogP contribution in [0.2, 0.25) is 0 Å². The molecule has 1 saturated carbocycles. The molecule has 0 saturated heterocycles. The molecule has 0 atom stereocenters. The van der Waals surface area contributed by atoms with Crippen molar-refractivity contribution in [2.75, 3.05) is 5.73 Å². The molecule has 1 aliphatic rings. The summed E-state index contributed by atoms with van der Waals surface area (Å²) in [5.74, 6) is 1.86. The maximum absolute atomic E-state index is 6.42. The van der Waals surface area contributed by atoms with Gasteiger partial charge in [0.1, 0.15) is 17.3 Å². The van der Waals surface area contributed by atoms with E-state index in [2.05, 4.69) is 41.8 Å². The van der Waals surface area contributed by atoms with Gasteiger partial charge in [-0.3, -0.25) is 0 Å². The number of aryl methyl sites for hydroxylation is 1. The molecule has 0 unspecified atom stereocenters. The van der Waals surface area contributed by atoms with E-state index in [1.54, 1.807) is 0 Å². The fourth-order valence-corrected chi connectivity index (χ4v) is 2.64. The number of nitrogens with two attached hydrogens (primary N) is 1. The molecule has 0 aromatic carbocycles. The van der Waals surface area contributed by atoms with Crippen LogP contribution in [0.5, 0.6) is 0 Å². The Morgan fingerprint density at radius 2 is 2.05 bits per heavy atom. The summed E-state index contributed by atoms with van der Waals surface area (Å²) >= 11 is 0. The molecular formula is C15H23N5. The van der Waals surface area contributed by atoms with E-state index in [-0.39, 0.29) is 5.41 Å². The number of hydrogen-bond donors (Lipinski definition) is 1. The van der Waals surface area contributed by atoms with Crippen LogP contribution < -0.4 is 5.73 Å². The fourth-order valence-electron chi connectivity index (χ4n) is 2.64. The second-order valence-electron chi connectivity index (χ2n) is 6.59. The van der Waals surface area contributed by atoms with Crippen LogP contribution in [0.15, 0.2) is 12.5 Å². The second-order valence-corrected chi connectivity index (χ2v) is 6.59. The number of nitrogens with zero attached hydrogens (tertiary/aromatic N) is 4. The van der Waals surface area contributed by atoms with Gasteiger partial charge in [0.25, 0.3) is 0 Å². The fraction of sp³-hybridized carbons (Fsp3) is 0.600. The zero-order valence-electron chi connectivity index (χ0n) is 12.7. The summed E-state index contributed by atoms with van der Waals surface area (Å²) in [5, 5.41) is 0. The average Bonchev–Trinajstić information content (AvgIpc) is 2.99. The van der Waals surface area contributed by atoms with Gasteiger partial charge in [-0.25, -0.2) is 9.97 Å². The van der Waals surface area contributed by atoms with Crippen molar-refractivity contribution in [3.05, 3.63) is 18.3 Å². The van der Waals surface area contributed by atoms with E-state index in [1.807, 2.05) is 12.5 Å². The molecule has 108 valence electrons. The number of hydrogen-bond acceptors (Lipinski definition) is 3. The number of rotatable bonds is 3. The topological polar surface area (TPSA) is 61.7 Å². The number of aromatic nitrogens is 4. The summed E-state index contributed by atoms with van der Waals surface area (Å²) in [7, 11) is 0. The highest BCUT2D eigenvalue weighted by atomic mass is 15.2. The molecule has 5 heteroatoms. The molecule has 0 spiro atoms. The van der Waals surface area contributed by atoms with Crippen LogP contribution in [-0.2, 0) is 12.0 Å². The Morgan fingerprint density at radius 3 is 2.60 bits per heavy atom. The van der Waals surface area contributed by atoms with Crippen LogP contribution in [0.3, 0.4) is 0 Å². The molecule has 0 amide bonds. The Kier molecular flexibility index (Phi) is 2.88. The van der Waals surface area contributed by atoms with Crippen molar-refractivity contribution in [3.63, 3.8) is 0 Å².